The maximum absolute atomic E-state index is 13.1. The van der Waals surface area contributed by atoms with Crippen LogP contribution in [0.3, 0.4) is 0 Å². The molecule has 2 aromatic rings. The topological polar surface area (TPSA) is 58.6 Å². The van der Waals surface area contributed by atoms with Crippen molar-refractivity contribution >= 4 is 11.9 Å². The smallest absolute Gasteiger partial charge is 0.325 e. The molecule has 0 bridgehead atoms. The van der Waals surface area contributed by atoms with E-state index in [1.54, 1.807) is 6.92 Å². The number of hydrogen-bond donors (Lipinski definition) is 1. The number of nitrogens with zero attached hydrogens (tertiary/aromatic N) is 1. The summed E-state index contributed by atoms with van der Waals surface area (Å²) in [6.45, 7) is 1.68. The summed E-state index contributed by atoms with van der Waals surface area (Å²) >= 11 is 0. The number of ether oxygens (including phenoxy) is 1. The van der Waals surface area contributed by atoms with Gasteiger partial charge in [0.25, 0.3) is 5.91 Å². The SMILES string of the molecule is CC1(c2ccc(F)cc2)NC(=O)N(CCOc2ccc(F)cc2)C1=O. The van der Waals surface area contributed by atoms with E-state index in [1.807, 2.05) is 0 Å². The fraction of sp³-hybridized carbons (Fsp3) is 0.222. The van der Waals surface area contributed by atoms with E-state index in [0.29, 0.717) is 11.3 Å². The van der Waals surface area contributed by atoms with Crippen molar-refractivity contribution in [2.45, 2.75) is 12.5 Å². The number of halogens is 2. The molecule has 1 unspecified atom stereocenters. The molecule has 0 radical (unpaired) electrons. The number of urea groups is 1. The molecule has 0 saturated carbocycles. The highest BCUT2D eigenvalue weighted by Crippen LogP contribution is 2.28. The fourth-order valence-corrected chi connectivity index (χ4v) is 2.66. The van der Waals surface area contributed by atoms with Crippen molar-refractivity contribution in [1.82, 2.24) is 10.2 Å². The maximum Gasteiger partial charge on any atom is 0.325 e. The lowest BCUT2D eigenvalue weighted by Crippen LogP contribution is -2.41. The summed E-state index contributed by atoms with van der Waals surface area (Å²) in [5, 5.41) is 2.63. The predicted octanol–water partition coefficient (Wildman–Crippen LogP) is 2.81. The molecule has 1 aliphatic rings. The van der Waals surface area contributed by atoms with E-state index in [4.69, 9.17) is 4.74 Å². The third kappa shape index (κ3) is 3.31. The average Bonchev–Trinajstić information content (AvgIpc) is 2.81. The molecule has 3 rings (SSSR count). The van der Waals surface area contributed by atoms with Gasteiger partial charge in [0.15, 0.2) is 0 Å². The number of carbonyl (C=O) groups is 2. The van der Waals surface area contributed by atoms with Crippen LogP contribution in [0.2, 0.25) is 0 Å². The first-order valence-corrected chi connectivity index (χ1v) is 7.69. The second-order valence-corrected chi connectivity index (χ2v) is 5.82. The van der Waals surface area contributed by atoms with Crippen LogP contribution in [0.1, 0.15) is 12.5 Å². The molecule has 1 aliphatic heterocycles. The van der Waals surface area contributed by atoms with Crippen LogP contribution in [0.4, 0.5) is 13.6 Å². The van der Waals surface area contributed by atoms with Crippen LogP contribution in [-0.4, -0.2) is 30.0 Å². The average molecular weight is 346 g/mol. The Morgan fingerprint density at radius 3 is 2.16 bits per heavy atom. The zero-order valence-electron chi connectivity index (χ0n) is 13.5. The van der Waals surface area contributed by atoms with Crippen LogP contribution >= 0.6 is 0 Å². The van der Waals surface area contributed by atoms with E-state index in [0.717, 1.165) is 4.90 Å². The van der Waals surface area contributed by atoms with Crippen LogP contribution in [-0.2, 0) is 10.3 Å². The van der Waals surface area contributed by atoms with Gasteiger partial charge in [-0.15, -0.1) is 0 Å². The summed E-state index contributed by atoms with van der Waals surface area (Å²) in [6.07, 6.45) is 0. The first-order chi connectivity index (χ1) is 11.9. The molecule has 1 N–H and O–H groups in total. The molecule has 1 saturated heterocycles. The first kappa shape index (κ1) is 16.9. The van der Waals surface area contributed by atoms with Crippen molar-refractivity contribution in [3.63, 3.8) is 0 Å². The number of amides is 3. The van der Waals surface area contributed by atoms with Gasteiger partial charge in [0, 0.05) is 0 Å². The lowest BCUT2D eigenvalue weighted by molar-refractivity contribution is -0.131. The third-order valence-electron chi connectivity index (χ3n) is 4.09. The number of carbonyl (C=O) groups excluding carboxylic acids is 2. The Balaban J connectivity index is 1.66. The monoisotopic (exact) mass is 346 g/mol. The van der Waals surface area contributed by atoms with Gasteiger partial charge in [0.1, 0.15) is 29.5 Å². The van der Waals surface area contributed by atoms with Crippen LogP contribution in [0.15, 0.2) is 48.5 Å². The van der Waals surface area contributed by atoms with Gasteiger partial charge in [-0.2, -0.15) is 0 Å². The van der Waals surface area contributed by atoms with E-state index in [9.17, 15) is 18.4 Å². The summed E-state index contributed by atoms with van der Waals surface area (Å²) in [5.41, 5.74) is -0.755. The highest BCUT2D eigenvalue weighted by Gasteiger charge is 2.48. The molecule has 1 fully saturated rings. The second-order valence-electron chi connectivity index (χ2n) is 5.82. The van der Waals surface area contributed by atoms with Gasteiger partial charge in [-0.3, -0.25) is 9.69 Å². The molecular weight excluding hydrogens is 330 g/mol. The standard InChI is InChI=1S/C18H16F2N2O3/c1-18(12-2-4-13(19)5-3-12)16(23)22(17(24)21-18)10-11-25-15-8-6-14(20)7-9-15/h2-9H,10-11H2,1H3,(H,21,24). The van der Waals surface area contributed by atoms with Crippen molar-refractivity contribution in [2.24, 2.45) is 0 Å². The van der Waals surface area contributed by atoms with Crippen LogP contribution < -0.4 is 10.1 Å². The minimum absolute atomic E-state index is 0.0405. The zero-order chi connectivity index (χ0) is 18.0. The Bertz CT molecular complexity index is 793. The first-order valence-electron chi connectivity index (χ1n) is 7.69. The van der Waals surface area contributed by atoms with Gasteiger partial charge in [-0.05, 0) is 48.9 Å². The Morgan fingerprint density at radius 1 is 1.00 bits per heavy atom. The number of hydrogen-bond acceptors (Lipinski definition) is 3. The molecule has 0 spiro atoms. The van der Waals surface area contributed by atoms with Crippen molar-refractivity contribution in [3.8, 4) is 5.75 Å². The minimum Gasteiger partial charge on any atom is -0.492 e. The van der Waals surface area contributed by atoms with E-state index >= 15 is 0 Å². The van der Waals surface area contributed by atoms with E-state index in [2.05, 4.69) is 5.32 Å². The van der Waals surface area contributed by atoms with Crippen LogP contribution in [0, 0.1) is 11.6 Å². The van der Waals surface area contributed by atoms with Crippen LogP contribution in [0.25, 0.3) is 0 Å². The summed E-state index contributed by atoms with van der Waals surface area (Å²) < 4.78 is 31.3. The lowest BCUT2D eigenvalue weighted by Gasteiger charge is -2.22. The number of rotatable bonds is 5. The summed E-state index contributed by atoms with van der Waals surface area (Å²) in [5.74, 6) is -0.799. The Morgan fingerprint density at radius 2 is 1.56 bits per heavy atom. The molecule has 1 heterocycles. The second kappa shape index (κ2) is 6.51. The minimum atomic E-state index is -1.25. The summed E-state index contributed by atoms with van der Waals surface area (Å²) in [6, 6.07) is 10.3. The van der Waals surface area contributed by atoms with Crippen molar-refractivity contribution < 1.29 is 23.1 Å². The molecule has 1 atom stereocenters. The number of nitrogens with one attached hydrogen (secondary N) is 1. The third-order valence-corrected chi connectivity index (χ3v) is 4.09. The fourth-order valence-electron chi connectivity index (χ4n) is 2.66. The van der Waals surface area contributed by atoms with E-state index < -0.39 is 23.3 Å². The summed E-state index contributed by atoms with van der Waals surface area (Å²) in [4.78, 5) is 25.8. The normalized spacial score (nSPS) is 19.9. The zero-order valence-corrected chi connectivity index (χ0v) is 13.5. The van der Waals surface area contributed by atoms with Gasteiger partial charge in [0.2, 0.25) is 0 Å². The highest BCUT2D eigenvalue weighted by molar-refractivity contribution is 6.07. The summed E-state index contributed by atoms with van der Waals surface area (Å²) in [7, 11) is 0. The molecule has 5 nitrogen and oxygen atoms in total. The quantitative estimate of drug-likeness (QED) is 0.847. The molecule has 2 aromatic carbocycles. The molecule has 0 aromatic heterocycles. The maximum atomic E-state index is 13.1. The van der Waals surface area contributed by atoms with Crippen molar-refractivity contribution in [2.75, 3.05) is 13.2 Å². The van der Waals surface area contributed by atoms with Gasteiger partial charge < -0.3 is 10.1 Å². The molecular formula is C18H16F2N2O3. The Kier molecular flexibility index (Phi) is 4.39. The van der Waals surface area contributed by atoms with Crippen LogP contribution in [0.5, 0.6) is 5.75 Å². The Labute approximate surface area is 143 Å². The molecule has 130 valence electrons. The van der Waals surface area contributed by atoms with E-state index in [1.165, 1.54) is 48.5 Å². The molecule has 25 heavy (non-hydrogen) atoms. The molecule has 0 aliphatic carbocycles. The number of imide groups is 1. The number of benzene rings is 2. The van der Waals surface area contributed by atoms with Gasteiger partial charge in [-0.1, -0.05) is 12.1 Å². The van der Waals surface area contributed by atoms with Gasteiger partial charge in [-0.25, -0.2) is 13.6 Å². The molecule has 3 amide bonds. The largest absolute Gasteiger partial charge is 0.492 e. The van der Waals surface area contributed by atoms with Crippen molar-refractivity contribution in [3.05, 3.63) is 65.7 Å². The predicted molar refractivity (Wildman–Crippen MR) is 85.9 cm³/mol. The van der Waals surface area contributed by atoms with E-state index in [-0.39, 0.29) is 19.0 Å². The van der Waals surface area contributed by atoms with Gasteiger partial charge in [0.05, 0.1) is 6.54 Å². The molecule has 7 heteroatoms. The lowest BCUT2D eigenvalue weighted by atomic mass is 9.92. The van der Waals surface area contributed by atoms with Crippen molar-refractivity contribution in [1.29, 1.82) is 0 Å². The Hall–Kier alpha value is -2.96. The van der Waals surface area contributed by atoms with Gasteiger partial charge >= 0.3 is 6.03 Å². The highest BCUT2D eigenvalue weighted by atomic mass is 19.1.